The summed E-state index contributed by atoms with van der Waals surface area (Å²) in [6.45, 7) is 4.27. The molecule has 4 N–H and O–H groups in total. The van der Waals surface area contributed by atoms with E-state index in [0.717, 1.165) is 55.7 Å². The van der Waals surface area contributed by atoms with Gasteiger partial charge in [0, 0.05) is 37.7 Å². The summed E-state index contributed by atoms with van der Waals surface area (Å²) >= 11 is 0. The lowest BCUT2D eigenvalue weighted by Crippen LogP contribution is -2.26. The number of aliphatic hydroxyl groups is 2. The van der Waals surface area contributed by atoms with Crippen molar-refractivity contribution in [2.24, 2.45) is 0 Å². The quantitative estimate of drug-likeness (QED) is 0.472. The lowest BCUT2D eigenvalue weighted by Gasteiger charge is -2.25. The van der Waals surface area contributed by atoms with E-state index in [1.165, 1.54) is 0 Å². The van der Waals surface area contributed by atoms with Crippen LogP contribution >= 0.6 is 0 Å². The van der Waals surface area contributed by atoms with Crippen LogP contribution < -0.4 is 10.6 Å². The number of aryl methyl sites for hydroxylation is 1. The van der Waals surface area contributed by atoms with E-state index < -0.39 is 0 Å². The van der Waals surface area contributed by atoms with E-state index in [2.05, 4.69) is 11.0 Å². The number of benzene rings is 1. The molecule has 1 aromatic rings. The van der Waals surface area contributed by atoms with Gasteiger partial charge in [-0.3, -0.25) is 0 Å². The van der Waals surface area contributed by atoms with Gasteiger partial charge < -0.3 is 20.8 Å². The van der Waals surface area contributed by atoms with Crippen LogP contribution in [0.15, 0.2) is 18.2 Å². The summed E-state index contributed by atoms with van der Waals surface area (Å²) in [7, 11) is 0. The number of anilines is 2. The maximum absolute atomic E-state index is 8.99. The summed E-state index contributed by atoms with van der Waals surface area (Å²) < 4.78 is 0. The number of rotatable bonds is 9. The molecular formula is C15H26N2O2. The van der Waals surface area contributed by atoms with E-state index in [1.807, 2.05) is 19.1 Å². The zero-order valence-corrected chi connectivity index (χ0v) is 11.8. The number of nitrogens with two attached hydrogens (primary N) is 1. The van der Waals surface area contributed by atoms with Gasteiger partial charge in [-0.2, -0.15) is 0 Å². The van der Waals surface area contributed by atoms with Gasteiger partial charge in [-0.15, -0.1) is 0 Å². The number of nitrogens with zero attached hydrogens (tertiary/aromatic N) is 1. The van der Waals surface area contributed by atoms with Crippen molar-refractivity contribution in [3.05, 3.63) is 23.8 Å². The molecule has 0 radical (unpaired) electrons. The van der Waals surface area contributed by atoms with Gasteiger partial charge in [0.05, 0.1) is 0 Å². The van der Waals surface area contributed by atoms with Crippen molar-refractivity contribution in [3.63, 3.8) is 0 Å². The van der Waals surface area contributed by atoms with Crippen molar-refractivity contribution < 1.29 is 10.2 Å². The number of unbranched alkanes of at least 4 members (excludes halogenated alkanes) is 2. The van der Waals surface area contributed by atoms with E-state index in [9.17, 15) is 0 Å². The van der Waals surface area contributed by atoms with Crippen LogP contribution in [0.5, 0.6) is 0 Å². The lowest BCUT2D eigenvalue weighted by atomic mass is 10.1. The van der Waals surface area contributed by atoms with Gasteiger partial charge in [0.25, 0.3) is 0 Å². The molecule has 19 heavy (non-hydrogen) atoms. The van der Waals surface area contributed by atoms with E-state index in [4.69, 9.17) is 15.9 Å². The maximum Gasteiger partial charge on any atom is 0.0447 e. The summed E-state index contributed by atoms with van der Waals surface area (Å²) in [5.74, 6) is 0. The summed E-state index contributed by atoms with van der Waals surface area (Å²) in [6, 6.07) is 6.06. The van der Waals surface area contributed by atoms with E-state index in [-0.39, 0.29) is 13.2 Å². The Morgan fingerprint density at radius 3 is 2.32 bits per heavy atom. The molecule has 0 aromatic heterocycles. The second-order valence-electron chi connectivity index (χ2n) is 4.89. The summed E-state index contributed by atoms with van der Waals surface area (Å²) in [6.07, 6.45) is 3.70. The molecule has 4 heteroatoms. The van der Waals surface area contributed by atoms with E-state index >= 15 is 0 Å². The summed E-state index contributed by atoms with van der Waals surface area (Å²) in [5, 5.41) is 17.8. The van der Waals surface area contributed by atoms with Crippen molar-refractivity contribution in [2.75, 3.05) is 36.9 Å². The zero-order valence-electron chi connectivity index (χ0n) is 11.8. The fourth-order valence-corrected chi connectivity index (χ4v) is 2.08. The van der Waals surface area contributed by atoms with Gasteiger partial charge in [0.1, 0.15) is 0 Å². The summed E-state index contributed by atoms with van der Waals surface area (Å²) in [4.78, 5) is 2.28. The molecule has 0 atom stereocenters. The van der Waals surface area contributed by atoms with Crippen molar-refractivity contribution in [1.82, 2.24) is 0 Å². The van der Waals surface area contributed by atoms with Crippen LogP contribution in [0.4, 0.5) is 11.4 Å². The SMILES string of the molecule is Cc1cc(N(CCCO)CCCCCO)ccc1N. The second kappa shape index (κ2) is 8.77. The predicted molar refractivity (Wildman–Crippen MR) is 80.4 cm³/mol. The monoisotopic (exact) mass is 266 g/mol. The van der Waals surface area contributed by atoms with Crippen molar-refractivity contribution in [3.8, 4) is 0 Å². The molecule has 0 bridgehead atoms. The molecule has 0 aliphatic rings. The van der Waals surface area contributed by atoms with Gasteiger partial charge in [-0.25, -0.2) is 0 Å². The number of hydrogen-bond donors (Lipinski definition) is 3. The molecule has 0 heterocycles. The van der Waals surface area contributed by atoms with Crippen LogP contribution in [0.3, 0.4) is 0 Å². The van der Waals surface area contributed by atoms with Crippen molar-refractivity contribution in [2.45, 2.75) is 32.6 Å². The number of nitrogen functional groups attached to an aromatic ring is 1. The molecule has 0 amide bonds. The Morgan fingerprint density at radius 1 is 1.00 bits per heavy atom. The Balaban J connectivity index is 2.63. The van der Waals surface area contributed by atoms with Crippen LogP contribution in [0.25, 0.3) is 0 Å². The Morgan fingerprint density at radius 2 is 1.68 bits per heavy atom. The standard InChI is InChI=1S/C15H26N2O2/c1-13-12-14(6-7-15(13)16)17(9-5-11-19)8-3-2-4-10-18/h6-7,12,18-19H,2-5,8-11,16H2,1H3. The molecule has 0 aliphatic carbocycles. The van der Waals surface area contributed by atoms with E-state index in [0.29, 0.717) is 0 Å². The van der Waals surface area contributed by atoms with E-state index in [1.54, 1.807) is 0 Å². The summed E-state index contributed by atoms with van der Waals surface area (Å²) in [5.41, 5.74) is 8.90. The van der Waals surface area contributed by atoms with Gasteiger partial charge in [-0.1, -0.05) is 0 Å². The topological polar surface area (TPSA) is 69.7 Å². The first-order valence-corrected chi connectivity index (χ1v) is 7.02. The minimum Gasteiger partial charge on any atom is -0.399 e. The van der Waals surface area contributed by atoms with Crippen molar-refractivity contribution >= 4 is 11.4 Å². The molecular weight excluding hydrogens is 240 g/mol. The highest BCUT2D eigenvalue weighted by Gasteiger charge is 2.07. The first-order chi connectivity index (χ1) is 9.19. The molecule has 1 aromatic carbocycles. The van der Waals surface area contributed by atoms with Crippen LogP contribution in [0.2, 0.25) is 0 Å². The van der Waals surface area contributed by atoms with Gasteiger partial charge in [0.15, 0.2) is 0 Å². The molecule has 108 valence electrons. The van der Waals surface area contributed by atoms with Gasteiger partial charge in [-0.05, 0) is 56.4 Å². The Labute approximate surface area is 115 Å². The highest BCUT2D eigenvalue weighted by Crippen LogP contribution is 2.21. The zero-order chi connectivity index (χ0) is 14.1. The number of hydrogen-bond acceptors (Lipinski definition) is 4. The molecule has 0 saturated heterocycles. The van der Waals surface area contributed by atoms with Crippen LogP contribution in [-0.4, -0.2) is 36.5 Å². The molecule has 0 spiro atoms. The van der Waals surface area contributed by atoms with Gasteiger partial charge in [0.2, 0.25) is 0 Å². The normalized spacial score (nSPS) is 10.7. The maximum atomic E-state index is 8.99. The highest BCUT2D eigenvalue weighted by atomic mass is 16.3. The molecule has 1 rings (SSSR count). The smallest absolute Gasteiger partial charge is 0.0447 e. The fraction of sp³-hybridized carbons (Fsp3) is 0.600. The fourth-order valence-electron chi connectivity index (χ4n) is 2.08. The Bertz CT molecular complexity index is 369. The van der Waals surface area contributed by atoms with Gasteiger partial charge >= 0.3 is 0 Å². The van der Waals surface area contributed by atoms with Crippen LogP contribution in [-0.2, 0) is 0 Å². The predicted octanol–water partition coefficient (Wildman–Crippen LogP) is 1.93. The minimum atomic E-state index is 0.209. The molecule has 0 aliphatic heterocycles. The Kier molecular flexibility index (Phi) is 7.30. The highest BCUT2D eigenvalue weighted by molar-refractivity contribution is 5.58. The second-order valence-corrected chi connectivity index (χ2v) is 4.89. The Hall–Kier alpha value is -1.26. The lowest BCUT2D eigenvalue weighted by molar-refractivity contribution is 0.282. The average Bonchev–Trinajstić information content (AvgIpc) is 2.41. The molecule has 0 unspecified atom stereocenters. The molecule has 0 saturated carbocycles. The molecule has 0 fully saturated rings. The third-order valence-electron chi connectivity index (χ3n) is 3.29. The van der Waals surface area contributed by atoms with Crippen molar-refractivity contribution in [1.29, 1.82) is 0 Å². The third-order valence-corrected chi connectivity index (χ3v) is 3.29. The average molecular weight is 266 g/mol. The third kappa shape index (κ3) is 5.49. The van der Waals surface area contributed by atoms with Crippen LogP contribution in [0.1, 0.15) is 31.2 Å². The molecule has 4 nitrogen and oxygen atoms in total. The van der Waals surface area contributed by atoms with Crippen LogP contribution in [0, 0.1) is 6.92 Å². The first-order valence-electron chi connectivity index (χ1n) is 7.02. The first kappa shape index (κ1) is 15.8. The number of aliphatic hydroxyl groups excluding tert-OH is 2. The minimum absolute atomic E-state index is 0.209. The largest absolute Gasteiger partial charge is 0.399 e.